The van der Waals surface area contributed by atoms with E-state index in [0.717, 1.165) is 55.7 Å². The number of carbonyl (C=O) groups excluding carboxylic acids is 2. The summed E-state index contributed by atoms with van der Waals surface area (Å²) < 4.78 is 0. The lowest BCUT2D eigenvalue weighted by molar-refractivity contribution is -0.136. The van der Waals surface area contributed by atoms with Crippen molar-refractivity contribution in [1.29, 1.82) is 0 Å². The summed E-state index contributed by atoms with van der Waals surface area (Å²) in [5.41, 5.74) is 2.14. The van der Waals surface area contributed by atoms with E-state index < -0.39 is 0 Å². The van der Waals surface area contributed by atoms with Crippen molar-refractivity contribution in [3.8, 4) is 0 Å². The summed E-state index contributed by atoms with van der Waals surface area (Å²) >= 11 is 6.20. The number of likely N-dealkylation sites (tertiary alicyclic amines) is 1. The van der Waals surface area contributed by atoms with Crippen LogP contribution < -0.4 is 0 Å². The summed E-state index contributed by atoms with van der Waals surface area (Å²) in [7, 11) is 0. The summed E-state index contributed by atoms with van der Waals surface area (Å²) in [4.78, 5) is 33.6. The molecule has 0 atom stereocenters. The van der Waals surface area contributed by atoms with Gasteiger partial charge in [0.05, 0.1) is 0 Å². The number of aryl methyl sites for hydroxylation is 1. The highest BCUT2D eigenvalue weighted by Crippen LogP contribution is 2.24. The number of fused-ring (bicyclic) bond motifs is 1. The lowest BCUT2D eigenvalue weighted by Crippen LogP contribution is -2.64. The van der Waals surface area contributed by atoms with Gasteiger partial charge >= 0.3 is 0 Å². The third-order valence-corrected chi connectivity index (χ3v) is 6.06. The topological polar surface area (TPSA) is 59.7 Å². The zero-order valence-electron chi connectivity index (χ0n) is 15.9. The molecule has 0 bridgehead atoms. The van der Waals surface area contributed by atoms with Crippen LogP contribution in [0.1, 0.15) is 12.0 Å². The quantitative estimate of drug-likeness (QED) is 0.783. The van der Waals surface area contributed by atoms with E-state index >= 15 is 0 Å². The fourth-order valence-corrected chi connectivity index (χ4v) is 4.39. The molecule has 7 heteroatoms. The van der Waals surface area contributed by atoms with Gasteiger partial charge in [-0.3, -0.25) is 14.5 Å². The van der Waals surface area contributed by atoms with Gasteiger partial charge in [-0.15, -0.1) is 0 Å². The van der Waals surface area contributed by atoms with Crippen LogP contribution in [-0.2, 0) is 16.0 Å². The monoisotopic (exact) mass is 400 g/mol. The summed E-state index contributed by atoms with van der Waals surface area (Å²) in [6, 6.07) is 6.28. The summed E-state index contributed by atoms with van der Waals surface area (Å²) in [5, 5.41) is 1.78. The van der Waals surface area contributed by atoms with Crippen molar-refractivity contribution in [2.24, 2.45) is 0 Å². The molecule has 4 rings (SSSR count). The Hall–Kier alpha value is -2.31. The number of aromatic nitrogens is 1. The molecule has 28 heavy (non-hydrogen) atoms. The number of amides is 2. The fraction of sp³-hybridized carbons (Fsp3) is 0.429. The van der Waals surface area contributed by atoms with Crippen molar-refractivity contribution in [3.05, 3.63) is 47.6 Å². The summed E-state index contributed by atoms with van der Waals surface area (Å²) in [6.45, 7) is 8.28. The van der Waals surface area contributed by atoms with Crippen molar-refractivity contribution in [1.82, 2.24) is 19.7 Å². The van der Waals surface area contributed by atoms with E-state index in [0.29, 0.717) is 23.9 Å². The molecule has 2 amide bonds. The average Bonchev–Trinajstić information content (AvgIpc) is 3.13. The first-order valence-corrected chi connectivity index (χ1v) is 10.1. The van der Waals surface area contributed by atoms with E-state index in [9.17, 15) is 9.59 Å². The predicted octanol–water partition coefficient (Wildman–Crippen LogP) is 2.29. The predicted molar refractivity (Wildman–Crippen MR) is 110 cm³/mol. The van der Waals surface area contributed by atoms with Crippen molar-refractivity contribution in [2.75, 3.05) is 39.3 Å². The van der Waals surface area contributed by atoms with Gasteiger partial charge in [0.15, 0.2) is 0 Å². The number of piperazine rings is 1. The molecular weight excluding hydrogens is 376 g/mol. The number of nitrogens with zero attached hydrogens (tertiary/aromatic N) is 3. The number of hydrogen-bond acceptors (Lipinski definition) is 3. The summed E-state index contributed by atoms with van der Waals surface area (Å²) in [5.74, 6) is 0.193. The molecule has 2 saturated heterocycles. The molecule has 1 aromatic carbocycles. The average molecular weight is 401 g/mol. The number of carbonyl (C=O) groups is 2. The largest absolute Gasteiger partial charge is 0.361 e. The molecule has 1 aromatic heterocycles. The Labute approximate surface area is 169 Å². The molecule has 0 radical (unpaired) electrons. The lowest BCUT2D eigenvalue weighted by atomic mass is 10.0. The third kappa shape index (κ3) is 3.80. The van der Waals surface area contributed by atoms with Gasteiger partial charge < -0.3 is 14.8 Å². The Morgan fingerprint density at radius 1 is 1.18 bits per heavy atom. The number of hydrogen-bond donors (Lipinski definition) is 1. The molecular formula is C21H25ClN4O2. The van der Waals surface area contributed by atoms with Gasteiger partial charge in [-0.05, 0) is 36.3 Å². The minimum absolute atomic E-state index is 0.00209. The van der Waals surface area contributed by atoms with Crippen LogP contribution in [0.15, 0.2) is 37.1 Å². The van der Waals surface area contributed by atoms with Gasteiger partial charge in [0.25, 0.3) is 0 Å². The molecule has 2 aliphatic rings. The van der Waals surface area contributed by atoms with Crippen molar-refractivity contribution in [2.45, 2.75) is 18.9 Å². The van der Waals surface area contributed by atoms with E-state index in [-0.39, 0.29) is 11.8 Å². The van der Waals surface area contributed by atoms with Crippen LogP contribution in [0.5, 0.6) is 0 Å². The maximum atomic E-state index is 12.7. The molecule has 148 valence electrons. The zero-order chi connectivity index (χ0) is 19.7. The second-order valence-electron chi connectivity index (χ2n) is 7.52. The van der Waals surface area contributed by atoms with Crippen molar-refractivity contribution < 1.29 is 9.59 Å². The molecule has 0 spiro atoms. The standard InChI is InChI=1S/C21H25ClN4O2/c1-2-19(27)26-13-18(14-26)24-7-9-25(10-8-24)20(28)4-3-15-11-17(22)12-16-5-6-23-21(15)16/h2,5-6,11-12,18,23H,1,3-4,7-10,13-14H2. The number of halogens is 1. The molecule has 2 fully saturated rings. The first-order chi connectivity index (χ1) is 13.5. The minimum Gasteiger partial charge on any atom is -0.361 e. The number of nitrogens with one attached hydrogen (secondary N) is 1. The van der Waals surface area contributed by atoms with Crippen LogP contribution in [0.4, 0.5) is 0 Å². The van der Waals surface area contributed by atoms with Crippen molar-refractivity contribution in [3.63, 3.8) is 0 Å². The highest BCUT2D eigenvalue weighted by molar-refractivity contribution is 6.31. The molecule has 0 aliphatic carbocycles. The van der Waals surface area contributed by atoms with E-state index in [1.165, 1.54) is 6.08 Å². The first kappa shape index (κ1) is 19.0. The van der Waals surface area contributed by atoms with E-state index in [1.807, 2.05) is 34.2 Å². The number of rotatable bonds is 5. The number of aromatic amines is 1. The SMILES string of the molecule is C=CC(=O)N1CC(N2CCN(C(=O)CCc3cc(Cl)cc4cc[nH]c34)CC2)C1. The van der Waals surface area contributed by atoms with E-state index in [2.05, 4.69) is 16.5 Å². The highest BCUT2D eigenvalue weighted by Gasteiger charge is 2.35. The van der Waals surface area contributed by atoms with Crippen LogP contribution >= 0.6 is 11.6 Å². The Morgan fingerprint density at radius 3 is 2.64 bits per heavy atom. The van der Waals surface area contributed by atoms with Gasteiger partial charge in [0, 0.05) is 73.9 Å². The second-order valence-corrected chi connectivity index (χ2v) is 7.96. The Kier molecular flexibility index (Phi) is 5.42. The van der Waals surface area contributed by atoms with Crippen LogP contribution in [0, 0.1) is 0 Å². The number of H-pyrrole nitrogens is 1. The highest BCUT2D eigenvalue weighted by atomic mass is 35.5. The minimum atomic E-state index is 0.00209. The van der Waals surface area contributed by atoms with Crippen molar-refractivity contribution >= 4 is 34.3 Å². The van der Waals surface area contributed by atoms with Gasteiger partial charge in [0.1, 0.15) is 0 Å². The Balaban J connectivity index is 1.26. The Bertz CT molecular complexity index is 895. The van der Waals surface area contributed by atoms with Gasteiger partial charge in [0.2, 0.25) is 11.8 Å². The molecule has 0 unspecified atom stereocenters. The van der Waals surface area contributed by atoms with Crippen LogP contribution in [0.3, 0.4) is 0 Å². The second kappa shape index (κ2) is 7.97. The molecule has 1 N–H and O–H groups in total. The molecule has 2 aliphatic heterocycles. The normalized spacial score (nSPS) is 18.3. The van der Waals surface area contributed by atoms with Crippen LogP contribution in [0.2, 0.25) is 5.02 Å². The smallest absolute Gasteiger partial charge is 0.246 e. The molecule has 2 aromatic rings. The van der Waals surface area contributed by atoms with Crippen LogP contribution in [0.25, 0.3) is 10.9 Å². The molecule has 3 heterocycles. The maximum Gasteiger partial charge on any atom is 0.246 e. The zero-order valence-corrected chi connectivity index (χ0v) is 16.6. The first-order valence-electron chi connectivity index (χ1n) is 9.74. The van der Waals surface area contributed by atoms with E-state index in [4.69, 9.17) is 11.6 Å². The lowest BCUT2D eigenvalue weighted by Gasteiger charge is -2.47. The molecule has 0 saturated carbocycles. The fourth-order valence-electron chi connectivity index (χ4n) is 4.14. The van der Waals surface area contributed by atoms with Gasteiger partial charge in [-0.1, -0.05) is 18.2 Å². The summed E-state index contributed by atoms with van der Waals surface area (Å²) in [6.07, 6.45) is 4.43. The maximum absolute atomic E-state index is 12.7. The van der Waals surface area contributed by atoms with Gasteiger partial charge in [-0.2, -0.15) is 0 Å². The molecule has 6 nitrogen and oxygen atoms in total. The van der Waals surface area contributed by atoms with Gasteiger partial charge in [-0.25, -0.2) is 0 Å². The number of benzene rings is 1. The van der Waals surface area contributed by atoms with E-state index in [1.54, 1.807) is 0 Å². The van der Waals surface area contributed by atoms with Crippen LogP contribution in [-0.4, -0.2) is 76.8 Å². The third-order valence-electron chi connectivity index (χ3n) is 5.85. The Morgan fingerprint density at radius 2 is 1.93 bits per heavy atom.